The summed E-state index contributed by atoms with van der Waals surface area (Å²) in [6, 6.07) is 19.4. The highest BCUT2D eigenvalue weighted by atomic mass is 79.9. The molecule has 1 amide bonds. The molecule has 1 N–H and O–H groups in total. The summed E-state index contributed by atoms with van der Waals surface area (Å²) >= 11 is 4.87. The normalized spacial score (nSPS) is 15.2. The lowest BCUT2D eigenvalue weighted by Gasteiger charge is -2.17. The molecule has 0 atom stereocenters. The van der Waals surface area contributed by atoms with Gasteiger partial charge in [0.1, 0.15) is 11.5 Å². The molecule has 0 spiro atoms. The second-order valence-electron chi connectivity index (χ2n) is 5.27. The predicted molar refractivity (Wildman–Crippen MR) is 101 cm³/mol. The quantitative estimate of drug-likeness (QED) is 0.556. The van der Waals surface area contributed by atoms with Gasteiger partial charge < -0.3 is 9.73 Å². The lowest BCUT2D eigenvalue weighted by atomic mass is 10.2. The van der Waals surface area contributed by atoms with Crippen molar-refractivity contribution in [3.05, 3.63) is 75.8 Å². The van der Waals surface area contributed by atoms with Crippen LogP contribution >= 0.6 is 27.7 Å². The van der Waals surface area contributed by atoms with Crippen LogP contribution in [0.2, 0.25) is 0 Å². The number of thioether (sulfide) groups is 1. The van der Waals surface area contributed by atoms with Crippen molar-refractivity contribution in [3.63, 3.8) is 0 Å². The lowest BCUT2D eigenvalue weighted by molar-refractivity contribution is -0.112. The Balaban J connectivity index is 1.62. The van der Waals surface area contributed by atoms with Gasteiger partial charge in [0.25, 0.3) is 5.91 Å². The number of halogens is 1. The third-order valence-electron chi connectivity index (χ3n) is 3.61. The smallest absolute Gasteiger partial charge is 0.262 e. The van der Waals surface area contributed by atoms with Crippen molar-refractivity contribution < 1.29 is 9.21 Å². The first kappa shape index (κ1) is 15.3. The van der Waals surface area contributed by atoms with Crippen LogP contribution in [-0.2, 0) is 4.79 Å². The van der Waals surface area contributed by atoms with Gasteiger partial charge in [0.2, 0.25) is 0 Å². The van der Waals surface area contributed by atoms with Crippen LogP contribution in [0.15, 0.2) is 79.4 Å². The molecule has 4 rings (SSSR count). The summed E-state index contributed by atoms with van der Waals surface area (Å²) in [6.45, 7) is 0. The summed E-state index contributed by atoms with van der Waals surface area (Å²) in [4.78, 5) is 13.9. The number of carbonyl (C=O) groups excluding carboxylic acids is 1. The maximum atomic E-state index is 12.2. The fourth-order valence-electron chi connectivity index (χ4n) is 2.43. The van der Waals surface area contributed by atoms with E-state index in [-0.39, 0.29) is 5.91 Å². The van der Waals surface area contributed by atoms with Crippen LogP contribution in [0.3, 0.4) is 0 Å². The number of hydrogen-bond acceptors (Lipinski definition) is 3. The van der Waals surface area contributed by atoms with E-state index in [1.54, 1.807) is 6.08 Å². The molecule has 0 aliphatic carbocycles. The monoisotopic (exact) mass is 397 g/mol. The molecule has 118 valence electrons. The Labute approximate surface area is 151 Å². The van der Waals surface area contributed by atoms with Crippen LogP contribution < -0.4 is 5.32 Å². The number of furan rings is 1. The highest BCUT2D eigenvalue weighted by molar-refractivity contribution is 9.10. The highest BCUT2D eigenvalue weighted by Gasteiger charge is 2.21. The number of nitrogens with one attached hydrogen (secondary N) is 1. The van der Waals surface area contributed by atoms with Crippen molar-refractivity contribution in [2.24, 2.45) is 0 Å². The third-order valence-corrected chi connectivity index (χ3v) is 5.24. The molecule has 1 aromatic heterocycles. The minimum absolute atomic E-state index is 0.111. The molecule has 24 heavy (non-hydrogen) atoms. The summed E-state index contributed by atoms with van der Waals surface area (Å²) in [5.74, 6) is 1.32. The Morgan fingerprint density at radius 2 is 1.79 bits per heavy atom. The molecule has 3 aromatic rings. The SMILES string of the molecule is O=C1Nc2ccccc2S/C1=C\c1ccc(-c2ccc(Br)cc2)o1. The van der Waals surface area contributed by atoms with E-state index in [0.29, 0.717) is 10.7 Å². The van der Waals surface area contributed by atoms with E-state index in [9.17, 15) is 4.79 Å². The van der Waals surface area contributed by atoms with Crippen molar-refractivity contribution in [3.8, 4) is 11.3 Å². The van der Waals surface area contributed by atoms with Crippen molar-refractivity contribution in [1.29, 1.82) is 0 Å². The number of hydrogen-bond donors (Lipinski definition) is 1. The van der Waals surface area contributed by atoms with Gasteiger partial charge in [-0.15, -0.1) is 0 Å². The van der Waals surface area contributed by atoms with Gasteiger partial charge in [-0.2, -0.15) is 0 Å². The average molecular weight is 398 g/mol. The van der Waals surface area contributed by atoms with Crippen LogP contribution in [-0.4, -0.2) is 5.91 Å². The van der Waals surface area contributed by atoms with Crippen LogP contribution in [0.1, 0.15) is 5.76 Å². The van der Waals surface area contributed by atoms with E-state index in [1.807, 2.05) is 60.7 Å². The van der Waals surface area contributed by atoms with Gasteiger partial charge in [0, 0.05) is 21.0 Å². The lowest BCUT2D eigenvalue weighted by Crippen LogP contribution is -2.16. The Morgan fingerprint density at radius 1 is 1.00 bits per heavy atom. The van der Waals surface area contributed by atoms with Crippen LogP contribution in [0.4, 0.5) is 5.69 Å². The van der Waals surface area contributed by atoms with Crippen LogP contribution in [0.25, 0.3) is 17.4 Å². The fourth-order valence-corrected chi connectivity index (χ4v) is 3.63. The van der Waals surface area contributed by atoms with Crippen LogP contribution in [0, 0.1) is 0 Å². The number of carbonyl (C=O) groups is 1. The van der Waals surface area contributed by atoms with Gasteiger partial charge >= 0.3 is 0 Å². The number of anilines is 1. The first-order valence-electron chi connectivity index (χ1n) is 7.35. The van der Waals surface area contributed by atoms with Gasteiger partial charge in [0.15, 0.2) is 0 Å². The molecule has 0 fully saturated rings. The molecule has 0 saturated heterocycles. The number of fused-ring (bicyclic) bond motifs is 1. The van der Waals surface area contributed by atoms with Crippen molar-refractivity contribution in [2.75, 3.05) is 5.32 Å². The van der Waals surface area contributed by atoms with E-state index in [2.05, 4.69) is 21.2 Å². The molecule has 0 radical (unpaired) electrons. The second-order valence-corrected chi connectivity index (χ2v) is 7.27. The van der Waals surface area contributed by atoms with E-state index in [0.717, 1.165) is 26.4 Å². The molecule has 0 saturated carbocycles. The van der Waals surface area contributed by atoms with Gasteiger partial charge in [-0.05, 0) is 36.4 Å². The summed E-state index contributed by atoms with van der Waals surface area (Å²) in [5, 5.41) is 2.90. The summed E-state index contributed by atoms with van der Waals surface area (Å²) < 4.78 is 6.89. The van der Waals surface area contributed by atoms with E-state index < -0.39 is 0 Å². The number of para-hydroxylation sites is 1. The maximum absolute atomic E-state index is 12.2. The topological polar surface area (TPSA) is 42.2 Å². The van der Waals surface area contributed by atoms with Crippen molar-refractivity contribution in [2.45, 2.75) is 4.90 Å². The Hall–Kier alpha value is -2.24. The van der Waals surface area contributed by atoms with Gasteiger partial charge in [-0.25, -0.2) is 0 Å². The summed E-state index contributed by atoms with van der Waals surface area (Å²) in [7, 11) is 0. The third kappa shape index (κ3) is 3.05. The minimum Gasteiger partial charge on any atom is -0.457 e. The zero-order valence-corrected chi connectivity index (χ0v) is 14.9. The maximum Gasteiger partial charge on any atom is 0.262 e. The first-order valence-corrected chi connectivity index (χ1v) is 8.96. The van der Waals surface area contributed by atoms with Gasteiger partial charge in [-0.1, -0.05) is 52.0 Å². The zero-order valence-electron chi connectivity index (χ0n) is 12.5. The molecule has 1 aliphatic heterocycles. The van der Waals surface area contributed by atoms with Crippen molar-refractivity contribution >= 4 is 45.4 Å². The Morgan fingerprint density at radius 3 is 2.62 bits per heavy atom. The first-order chi connectivity index (χ1) is 11.7. The zero-order chi connectivity index (χ0) is 16.5. The molecule has 2 aromatic carbocycles. The largest absolute Gasteiger partial charge is 0.457 e. The number of amides is 1. The van der Waals surface area contributed by atoms with Gasteiger partial charge in [0.05, 0.1) is 10.6 Å². The summed E-state index contributed by atoms with van der Waals surface area (Å²) in [5.41, 5.74) is 1.84. The Bertz CT molecular complexity index is 944. The number of rotatable bonds is 2. The van der Waals surface area contributed by atoms with E-state index in [4.69, 9.17) is 4.42 Å². The van der Waals surface area contributed by atoms with E-state index in [1.165, 1.54) is 11.8 Å². The van der Waals surface area contributed by atoms with Crippen molar-refractivity contribution in [1.82, 2.24) is 0 Å². The fraction of sp³-hybridized carbons (Fsp3) is 0. The molecule has 0 unspecified atom stereocenters. The minimum atomic E-state index is -0.111. The highest BCUT2D eigenvalue weighted by Crippen LogP contribution is 2.38. The van der Waals surface area contributed by atoms with E-state index >= 15 is 0 Å². The number of benzene rings is 2. The molecule has 3 nitrogen and oxygen atoms in total. The molecule has 5 heteroatoms. The second kappa shape index (κ2) is 6.34. The molecule has 0 bridgehead atoms. The molecular weight excluding hydrogens is 386 g/mol. The van der Waals surface area contributed by atoms with Gasteiger partial charge in [-0.3, -0.25) is 4.79 Å². The summed E-state index contributed by atoms with van der Waals surface area (Å²) in [6.07, 6.45) is 1.78. The molecular formula is C19H12BrNO2S. The molecule has 1 aliphatic rings. The average Bonchev–Trinajstić information content (AvgIpc) is 3.05. The predicted octanol–water partition coefficient (Wildman–Crippen LogP) is 5.79. The Kier molecular flexibility index (Phi) is 4.04. The standard InChI is InChI=1S/C19H12BrNO2S/c20-13-7-5-12(6-8-13)16-10-9-14(23-16)11-18-19(22)21-15-3-1-2-4-17(15)24-18/h1-11H,(H,21,22)/b18-11-. The molecule has 2 heterocycles. The van der Waals surface area contributed by atoms with Crippen LogP contribution in [0.5, 0.6) is 0 Å².